The van der Waals surface area contributed by atoms with Gasteiger partial charge < -0.3 is 15.0 Å². The van der Waals surface area contributed by atoms with Crippen LogP contribution in [0.3, 0.4) is 0 Å². The van der Waals surface area contributed by atoms with Gasteiger partial charge in [0.05, 0.1) is 18.3 Å². The van der Waals surface area contributed by atoms with Gasteiger partial charge in [-0.05, 0) is 37.6 Å². The lowest BCUT2D eigenvalue weighted by atomic mass is 10.1. The molecule has 3 heterocycles. The lowest BCUT2D eigenvalue weighted by Crippen LogP contribution is -2.38. The number of carbonyl (C=O) groups is 1. The topological polar surface area (TPSA) is 59.4 Å². The second-order valence-electron chi connectivity index (χ2n) is 6.10. The van der Waals surface area contributed by atoms with Crippen LogP contribution >= 0.6 is 12.4 Å². The molecule has 1 fully saturated rings. The van der Waals surface area contributed by atoms with Crippen LogP contribution in [0.5, 0.6) is 5.75 Å². The van der Waals surface area contributed by atoms with Gasteiger partial charge in [-0.25, -0.2) is 4.39 Å². The number of fused-ring (bicyclic) bond motifs is 1. The summed E-state index contributed by atoms with van der Waals surface area (Å²) >= 11 is 0. The summed E-state index contributed by atoms with van der Waals surface area (Å²) < 4.78 is 20.7. The van der Waals surface area contributed by atoms with E-state index in [4.69, 9.17) is 4.74 Å². The van der Waals surface area contributed by atoms with E-state index >= 15 is 0 Å². The number of nitrogens with zero attached hydrogens (tertiary/aromatic N) is 3. The van der Waals surface area contributed by atoms with E-state index in [2.05, 4.69) is 10.4 Å². The van der Waals surface area contributed by atoms with Gasteiger partial charge in [-0.2, -0.15) is 5.10 Å². The Labute approximate surface area is 151 Å². The largest absolute Gasteiger partial charge is 0.489 e. The number of hydrogen-bond acceptors (Lipinski definition) is 4. The van der Waals surface area contributed by atoms with Crippen LogP contribution in [0, 0.1) is 5.82 Å². The van der Waals surface area contributed by atoms with Crippen molar-refractivity contribution < 1.29 is 13.9 Å². The Balaban J connectivity index is 0.00000182. The Kier molecular flexibility index (Phi) is 5.24. The molecule has 2 aliphatic rings. The molecule has 1 atom stereocenters. The number of hydrogen-bond donors (Lipinski definition) is 1. The van der Waals surface area contributed by atoms with Gasteiger partial charge in [0.15, 0.2) is 5.69 Å². The van der Waals surface area contributed by atoms with Gasteiger partial charge >= 0.3 is 0 Å². The van der Waals surface area contributed by atoms with Crippen molar-refractivity contribution in [3.05, 3.63) is 42.0 Å². The van der Waals surface area contributed by atoms with Crippen LogP contribution in [-0.2, 0) is 0 Å². The van der Waals surface area contributed by atoms with E-state index in [1.165, 1.54) is 12.1 Å². The average Bonchev–Trinajstić information content (AvgIpc) is 3.11. The number of piperidine rings is 1. The summed E-state index contributed by atoms with van der Waals surface area (Å²) in [5.41, 5.74) is 0.985. The van der Waals surface area contributed by atoms with E-state index in [9.17, 15) is 9.18 Å². The molecule has 1 N–H and O–H groups in total. The number of amides is 1. The number of benzene rings is 1. The van der Waals surface area contributed by atoms with E-state index in [1.54, 1.807) is 17.0 Å². The van der Waals surface area contributed by atoms with Crippen LogP contribution in [0.1, 0.15) is 29.4 Å². The van der Waals surface area contributed by atoms with Crippen molar-refractivity contribution in [1.29, 1.82) is 0 Å². The Morgan fingerprint density at radius 2 is 2.24 bits per heavy atom. The highest BCUT2D eigenvalue weighted by atomic mass is 35.5. The first kappa shape index (κ1) is 17.7. The Hall–Kier alpha value is -2.12. The lowest BCUT2D eigenvalue weighted by molar-refractivity contribution is 0.0970. The number of rotatable bonds is 2. The highest BCUT2D eigenvalue weighted by molar-refractivity contribution is 6.05. The number of halogens is 2. The number of nitrogens with one attached hydrogen (secondary N) is 1. The van der Waals surface area contributed by atoms with Crippen LogP contribution < -0.4 is 15.0 Å². The van der Waals surface area contributed by atoms with Crippen LogP contribution in [0.15, 0.2) is 30.5 Å². The number of carbonyl (C=O) groups excluding carboxylic acids is 1. The molecule has 1 unspecified atom stereocenters. The maximum absolute atomic E-state index is 13.3. The second-order valence-corrected chi connectivity index (χ2v) is 6.10. The Bertz CT molecular complexity index is 761. The maximum Gasteiger partial charge on any atom is 0.278 e. The van der Waals surface area contributed by atoms with Crippen molar-refractivity contribution in [1.82, 2.24) is 15.1 Å². The van der Waals surface area contributed by atoms with Gasteiger partial charge in [0.25, 0.3) is 5.91 Å². The van der Waals surface area contributed by atoms with Crippen molar-refractivity contribution in [3.63, 3.8) is 0 Å². The van der Waals surface area contributed by atoms with Crippen molar-refractivity contribution >= 4 is 24.0 Å². The summed E-state index contributed by atoms with van der Waals surface area (Å²) in [6, 6.07) is 6.24. The number of aromatic nitrogens is 2. The Morgan fingerprint density at radius 3 is 3.04 bits per heavy atom. The van der Waals surface area contributed by atoms with E-state index < -0.39 is 0 Å². The Morgan fingerprint density at radius 1 is 1.36 bits per heavy atom. The molecule has 0 spiro atoms. The smallest absolute Gasteiger partial charge is 0.278 e. The summed E-state index contributed by atoms with van der Waals surface area (Å²) in [6.07, 6.45) is 4.02. The quantitative estimate of drug-likeness (QED) is 0.886. The first-order valence-corrected chi connectivity index (χ1v) is 8.22. The third-order valence-electron chi connectivity index (χ3n) is 4.50. The molecule has 4 rings (SSSR count). The maximum atomic E-state index is 13.3. The van der Waals surface area contributed by atoms with Crippen LogP contribution in [-0.4, -0.2) is 41.9 Å². The highest BCUT2D eigenvalue weighted by Gasteiger charge is 2.27. The summed E-state index contributed by atoms with van der Waals surface area (Å²) in [6.45, 7) is 2.67. The van der Waals surface area contributed by atoms with Crippen molar-refractivity contribution in [2.45, 2.75) is 18.9 Å². The molecule has 0 radical (unpaired) electrons. The van der Waals surface area contributed by atoms with Gasteiger partial charge in [0.1, 0.15) is 18.2 Å². The zero-order chi connectivity index (χ0) is 16.5. The van der Waals surface area contributed by atoms with Crippen LogP contribution in [0.2, 0.25) is 0 Å². The summed E-state index contributed by atoms with van der Waals surface area (Å²) in [5, 5.41) is 7.82. The van der Waals surface area contributed by atoms with E-state index in [1.807, 2.05) is 10.9 Å². The molecule has 2 aromatic rings. The molecule has 0 saturated carbocycles. The second kappa shape index (κ2) is 7.41. The predicted molar refractivity (Wildman–Crippen MR) is 94.2 cm³/mol. The predicted octanol–water partition coefficient (Wildman–Crippen LogP) is 2.41. The molecule has 1 amide bonds. The first-order valence-electron chi connectivity index (χ1n) is 8.22. The van der Waals surface area contributed by atoms with Crippen molar-refractivity contribution in [2.24, 2.45) is 0 Å². The van der Waals surface area contributed by atoms with Gasteiger partial charge in [-0.1, -0.05) is 0 Å². The summed E-state index contributed by atoms with van der Waals surface area (Å²) in [5.74, 6) is -0.170. The molecule has 8 heteroatoms. The number of ether oxygens (including phenoxy) is 1. The van der Waals surface area contributed by atoms with Gasteiger partial charge in [0, 0.05) is 18.8 Å². The lowest BCUT2D eigenvalue weighted by Gasteiger charge is -2.29. The van der Waals surface area contributed by atoms with Crippen molar-refractivity contribution in [2.75, 3.05) is 31.1 Å². The molecular formula is C17H20ClFN4O2. The van der Waals surface area contributed by atoms with E-state index in [0.717, 1.165) is 25.9 Å². The summed E-state index contributed by atoms with van der Waals surface area (Å²) in [7, 11) is 0. The van der Waals surface area contributed by atoms with E-state index in [-0.39, 0.29) is 30.2 Å². The normalized spacial score (nSPS) is 19.6. The molecule has 0 bridgehead atoms. The first-order chi connectivity index (χ1) is 11.7. The van der Waals surface area contributed by atoms with Crippen LogP contribution in [0.25, 0.3) is 0 Å². The average molecular weight is 367 g/mol. The molecule has 2 aliphatic heterocycles. The zero-order valence-electron chi connectivity index (χ0n) is 13.7. The third-order valence-corrected chi connectivity index (χ3v) is 4.50. The molecule has 1 aromatic heterocycles. The van der Waals surface area contributed by atoms with Gasteiger partial charge in [0.2, 0.25) is 0 Å². The van der Waals surface area contributed by atoms with Gasteiger partial charge in [-0.3, -0.25) is 9.48 Å². The van der Waals surface area contributed by atoms with E-state index in [0.29, 0.717) is 30.3 Å². The molecule has 0 aliphatic carbocycles. The molecule has 1 saturated heterocycles. The fourth-order valence-corrected chi connectivity index (χ4v) is 3.26. The molecule has 1 aromatic carbocycles. The van der Waals surface area contributed by atoms with Crippen molar-refractivity contribution in [3.8, 4) is 5.75 Å². The summed E-state index contributed by atoms with van der Waals surface area (Å²) in [4.78, 5) is 14.4. The minimum absolute atomic E-state index is 0. The monoisotopic (exact) mass is 366 g/mol. The van der Waals surface area contributed by atoms with Gasteiger partial charge in [-0.15, -0.1) is 12.4 Å². The fourth-order valence-electron chi connectivity index (χ4n) is 3.26. The highest BCUT2D eigenvalue weighted by Crippen LogP contribution is 2.33. The fraction of sp³-hybridized carbons (Fsp3) is 0.412. The SMILES string of the molecule is Cl.O=C(c1ccn(C2CCCNC2)n1)N1CCOc2cc(F)ccc21. The van der Waals surface area contributed by atoms with Crippen LogP contribution in [0.4, 0.5) is 10.1 Å². The number of anilines is 1. The minimum Gasteiger partial charge on any atom is -0.489 e. The molecule has 134 valence electrons. The molecule has 25 heavy (non-hydrogen) atoms. The third kappa shape index (κ3) is 3.48. The molecule has 6 nitrogen and oxygen atoms in total. The zero-order valence-corrected chi connectivity index (χ0v) is 14.5. The standard InChI is InChI=1S/C17H19FN4O2.ClH/c18-12-3-4-15-16(10-12)24-9-8-21(15)17(23)14-5-7-22(20-14)13-2-1-6-19-11-13;/h3-5,7,10,13,19H,1-2,6,8-9,11H2;1H. The molecular weight excluding hydrogens is 347 g/mol. The minimum atomic E-state index is -0.378.